The Balaban J connectivity index is 1.34. The van der Waals surface area contributed by atoms with Crippen molar-refractivity contribution >= 4 is 60.8 Å². The number of aryl methyl sites for hydroxylation is 1. The maximum absolute atomic E-state index is 5.20. The molecular weight excluding hydrogens is 553 g/mol. The molecule has 2 aromatic heterocycles. The summed E-state index contributed by atoms with van der Waals surface area (Å²) >= 11 is 1.87. The van der Waals surface area contributed by atoms with E-state index >= 15 is 0 Å². The molecule has 212 valence electrons. The standard InChI is InChI=1S/C41H32N2S/c1-5-14-34-30(6-2)31(7-3)39-40(32(34)8-4)43-37(25-42-39)29-18-12-16-27(24-29)26-15-11-17-28(23-26)33-20-13-21-36-35-19-9-10-22-38(35)44-41(33)36/h5-6,8-25H,2,4,7H2,1,3H3/b14-5-. The summed E-state index contributed by atoms with van der Waals surface area (Å²) in [5, 5.41) is 2.63. The fourth-order valence-electron chi connectivity index (χ4n) is 6.34. The molecule has 0 N–H and O–H groups in total. The topological polar surface area (TPSA) is 25.8 Å². The van der Waals surface area contributed by atoms with Crippen LogP contribution in [0.4, 0.5) is 0 Å². The van der Waals surface area contributed by atoms with Crippen molar-refractivity contribution < 1.29 is 0 Å². The third-order valence-electron chi connectivity index (χ3n) is 8.38. The van der Waals surface area contributed by atoms with Crippen molar-refractivity contribution in [2.75, 3.05) is 0 Å². The molecule has 44 heavy (non-hydrogen) atoms. The minimum Gasteiger partial charge on any atom is -0.252 e. The Kier molecular flexibility index (Phi) is 7.25. The Hall–Kier alpha value is -5.12. The highest BCUT2D eigenvalue weighted by molar-refractivity contribution is 7.26. The van der Waals surface area contributed by atoms with Gasteiger partial charge in [0.2, 0.25) is 0 Å². The molecule has 3 heteroatoms. The molecule has 0 saturated carbocycles. The van der Waals surface area contributed by atoms with Gasteiger partial charge in [-0.25, -0.2) is 4.98 Å². The van der Waals surface area contributed by atoms with Gasteiger partial charge in [0.1, 0.15) is 0 Å². The molecule has 0 saturated heterocycles. The number of rotatable bonds is 7. The second kappa shape index (κ2) is 11.5. The molecule has 0 atom stereocenters. The average Bonchev–Trinajstić information content (AvgIpc) is 3.46. The van der Waals surface area contributed by atoms with Crippen LogP contribution < -0.4 is 0 Å². The van der Waals surface area contributed by atoms with E-state index < -0.39 is 0 Å². The maximum Gasteiger partial charge on any atom is 0.0975 e. The predicted octanol–water partition coefficient (Wildman–Crippen LogP) is 11.9. The normalized spacial score (nSPS) is 11.6. The first kappa shape index (κ1) is 27.7. The van der Waals surface area contributed by atoms with Gasteiger partial charge in [-0.3, -0.25) is 4.98 Å². The number of benzene rings is 5. The van der Waals surface area contributed by atoms with E-state index in [-0.39, 0.29) is 0 Å². The van der Waals surface area contributed by atoms with Crippen LogP contribution in [0.3, 0.4) is 0 Å². The molecule has 0 amide bonds. The van der Waals surface area contributed by atoms with Gasteiger partial charge in [-0.05, 0) is 70.5 Å². The number of fused-ring (bicyclic) bond motifs is 4. The number of thiophene rings is 1. The van der Waals surface area contributed by atoms with E-state index in [4.69, 9.17) is 9.97 Å². The summed E-state index contributed by atoms with van der Waals surface area (Å²) in [5.74, 6) is 0. The van der Waals surface area contributed by atoms with Gasteiger partial charge in [0.25, 0.3) is 0 Å². The Morgan fingerprint density at radius 1 is 0.705 bits per heavy atom. The molecule has 7 rings (SSSR count). The van der Waals surface area contributed by atoms with Crippen LogP contribution in [0.1, 0.15) is 36.1 Å². The molecule has 7 aromatic rings. The Labute approximate surface area is 262 Å². The van der Waals surface area contributed by atoms with Crippen molar-refractivity contribution in [2.24, 2.45) is 0 Å². The molecule has 0 fully saturated rings. The summed E-state index contributed by atoms with van der Waals surface area (Å²) in [6.07, 6.45) is 10.7. The third kappa shape index (κ3) is 4.57. The molecule has 0 aliphatic heterocycles. The number of allylic oxidation sites excluding steroid dienone is 1. The van der Waals surface area contributed by atoms with Crippen LogP contribution in [0.25, 0.3) is 82.9 Å². The summed E-state index contributed by atoms with van der Waals surface area (Å²) in [7, 11) is 0. The molecule has 2 nitrogen and oxygen atoms in total. The van der Waals surface area contributed by atoms with Crippen LogP contribution >= 0.6 is 11.3 Å². The Morgan fingerprint density at radius 3 is 2.14 bits per heavy atom. The second-order valence-electron chi connectivity index (χ2n) is 10.9. The molecule has 0 radical (unpaired) electrons. The smallest absolute Gasteiger partial charge is 0.0975 e. The first-order valence-corrected chi connectivity index (χ1v) is 15.8. The molecule has 2 heterocycles. The zero-order valence-electron chi connectivity index (χ0n) is 25.0. The molecule has 0 spiro atoms. The van der Waals surface area contributed by atoms with E-state index in [9.17, 15) is 0 Å². The lowest BCUT2D eigenvalue weighted by Crippen LogP contribution is -2.01. The van der Waals surface area contributed by atoms with Gasteiger partial charge in [-0.2, -0.15) is 0 Å². The van der Waals surface area contributed by atoms with Crippen molar-refractivity contribution in [2.45, 2.75) is 20.3 Å². The van der Waals surface area contributed by atoms with Gasteiger partial charge in [0, 0.05) is 31.3 Å². The van der Waals surface area contributed by atoms with E-state index in [2.05, 4.69) is 123 Å². The van der Waals surface area contributed by atoms with Crippen LogP contribution in [-0.4, -0.2) is 9.97 Å². The highest BCUT2D eigenvalue weighted by atomic mass is 32.1. The van der Waals surface area contributed by atoms with Crippen molar-refractivity contribution in [3.05, 3.63) is 139 Å². The van der Waals surface area contributed by atoms with Gasteiger partial charge >= 0.3 is 0 Å². The fraction of sp³-hybridized carbons (Fsp3) is 0.0732. The van der Waals surface area contributed by atoms with Gasteiger partial charge in [0.15, 0.2) is 0 Å². The van der Waals surface area contributed by atoms with Crippen molar-refractivity contribution in [3.63, 3.8) is 0 Å². The predicted molar refractivity (Wildman–Crippen MR) is 193 cm³/mol. The second-order valence-corrected chi connectivity index (χ2v) is 11.9. The van der Waals surface area contributed by atoms with Crippen LogP contribution in [0.5, 0.6) is 0 Å². The highest BCUT2D eigenvalue weighted by Gasteiger charge is 2.17. The van der Waals surface area contributed by atoms with Crippen molar-refractivity contribution in [1.29, 1.82) is 0 Å². The zero-order valence-corrected chi connectivity index (χ0v) is 25.8. The van der Waals surface area contributed by atoms with Crippen LogP contribution in [0.15, 0.2) is 116 Å². The van der Waals surface area contributed by atoms with E-state index in [1.165, 1.54) is 36.9 Å². The highest BCUT2D eigenvalue weighted by Crippen LogP contribution is 2.41. The molecular formula is C41H32N2S. The fourth-order valence-corrected chi connectivity index (χ4v) is 7.58. The number of aromatic nitrogens is 2. The van der Waals surface area contributed by atoms with Crippen molar-refractivity contribution in [1.82, 2.24) is 9.97 Å². The first-order valence-electron chi connectivity index (χ1n) is 15.0. The minimum atomic E-state index is 0.841. The van der Waals surface area contributed by atoms with E-state index in [0.29, 0.717) is 0 Å². The summed E-state index contributed by atoms with van der Waals surface area (Å²) in [6, 6.07) is 32.8. The molecule has 0 bridgehead atoms. The summed E-state index contributed by atoms with van der Waals surface area (Å²) in [6.45, 7) is 12.4. The number of nitrogens with zero attached hydrogens (tertiary/aromatic N) is 2. The number of hydrogen-bond donors (Lipinski definition) is 0. The number of hydrogen-bond acceptors (Lipinski definition) is 3. The summed E-state index contributed by atoms with van der Waals surface area (Å²) in [5.41, 5.74) is 12.8. The van der Waals surface area contributed by atoms with Crippen molar-refractivity contribution in [3.8, 4) is 33.5 Å². The van der Waals surface area contributed by atoms with E-state index in [1.54, 1.807) is 0 Å². The van der Waals surface area contributed by atoms with Crippen LogP contribution in [0.2, 0.25) is 0 Å². The zero-order chi connectivity index (χ0) is 30.2. The van der Waals surface area contributed by atoms with Crippen LogP contribution in [-0.2, 0) is 6.42 Å². The lowest BCUT2D eigenvalue weighted by molar-refractivity contribution is 1.13. The quantitative estimate of drug-likeness (QED) is 0.186. The minimum absolute atomic E-state index is 0.841. The average molecular weight is 585 g/mol. The molecule has 0 aliphatic rings. The monoisotopic (exact) mass is 584 g/mol. The molecule has 0 unspecified atom stereocenters. The van der Waals surface area contributed by atoms with Gasteiger partial charge < -0.3 is 0 Å². The largest absolute Gasteiger partial charge is 0.252 e. The van der Waals surface area contributed by atoms with Gasteiger partial charge in [-0.1, -0.05) is 117 Å². The van der Waals surface area contributed by atoms with E-state index in [0.717, 1.165) is 56.5 Å². The maximum atomic E-state index is 5.20. The first-order chi connectivity index (χ1) is 21.6. The Morgan fingerprint density at radius 2 is 1.39 bits per heavy atom. The summed E-state index contributed by atoms with van der Waals surface area (Å²) < 4.78 is 2.65. The third-order valence-corrected chi connectivity index (χ3v) is 9.60. The SMILES string of the molecule is C=Cc1c(/C=C\C)c(C=C)c2nc(-c3cccc(-c4cccc(-c5cccc6c5sc5ccccc56)c4)c3)cnc2c1CC. The molecule has 0 aliphatic carbocycles. The van der Waals surface area contributed by atoms with E-state index in [1.807, 2.05) is 36.6 Å². The molecule has 5 aromatic carbocycles. The van der Waals surface area contributed by atoms with Gasteiger partial charge in [-0.15, -0.1) is 11.3 Å². The van der Waals surface area contributed by atoms with Gasteiger partial charge in [0.05, 0.1) is 22.9 Å². The summed E-state index contributed by atoms with van der Waals surface area (Å²) in [4.78, 5) is 10.2. The van der Waals surface area contributed by atoms with Crippen LogP contribution in [0, 0.1) is 0 Å². The lowest BCUT2D eigenvalue weighted by atomic mass is 9.91. The Bertz CT molecular complexity index is 2270. The lowest BCUT2D eigenvalue weighted by Gasteiger charge is -2.16.